The fourth-order valence-electron chi connectivity index (χ4n) is 13.8. The third-order valence-corrected chi connectivity index (χ3v) is 22.5. The summed E-state index contributed by atoms with van der Waals surface area (Å²) in [5, 5.41) is 91.9. The molecule has 870 valence electrons. The largest absolute Gasteiger partial charge is 0.450 e. The number of methoxy groups -OCH3 is 2. The van der Waals surface area contributed by atoms with E-state index in [0.717, 1.165) is 180 Å². The Bertz CT molecular complexity index is 3240. The smallest absolute Gasteiger partial charge is 0.407 e. The van der Waals surface area contributed by atoms with Gasteiger partial charge in [-0.25, -0.2) is 4.79 Å². The predicted octanol–water partition coefficient (Wildman–Crippen LogP) is 3.11. The molecule has 2 aromatic rings. The van der Waals surface area contributed by atoms with E-state index in [9.17, 15) is 39.9 Å². The molecule has 0 bridgehead atoms. The Morgan fingerprint density at radius 3 is 1.16 bits per heavy atom. The molecule has 0 aliphatic rings. The lowest BCUT2D eigenvalue weighted by molar-refractivity contribution is -0.914. The maximum Gasteiger partial charge on any atom is 0.407 e. The number of nitrogens with zero attached hydrogens (tertiary/aromatic N) is 17. The van der Waals surface area contributed by atoms with Crippen molar-refractivity contribution in [2.24, 2.45) is 0 Å². The number of hydrogen-bond donors (Lipinski definition) is 12. The predicted molar refractivity (Wildman–Crippen MR) is 615 cm³/mol. The molecular formula is C109H242N20O16S+10. The molecular weight excluding hydrogens is 1880 g/mol. The van der Waals surface area contributed by atoms with Gasteiger partial charge in [0, 0.05) is 136 Å². The molecule has 0 spiro atoms. The minimum atomic E-state index is -0.448. The van der Waals surface area contributed by atoms with Crippen molar-refractivity contribution >= 4 is 29.7 Å². The van der Waals surface area contributed by atoms with E-state index in [1.54, 1.807) is 41.9 Å². The Morgan fingerprint density at radius 2 is 0.795 bits per heavy atom. The van der Waals surface area contributed by atoms with Crippen LogP contribution in [0, 0.1) is 0 Å². The van der Waals surface area contributed by atoms with Crippen molar-refractivity contribution in [3.05, 3.63) is 97.1 Å². The number of quaternary nitrogens is 10. The van der Waals surface area contributed by atoms with Gasteiger partial charge in [-0.15, -0.1) is 0 Å². The summed E-state index contributed by atoms with van der Waals surface area (Å²) >= 11 is 2.05. The number of amides is 3. The molecule has 7 unspecified atom stereocenters. The fraction of sp³-hybridized carbons (Fsp3) is 0.826. The number of benzene rings is 2. The second-order valence-corrected chi connectivity index (χ2v) is 49.5. The first-order valence-electron chi connectivity index (χ1n) is 52.7. The van der Waals surface area contributed by atoms with Crippen molar-refractivity contribution < 1.29 is 124 Å². The average Bonchev–Trinajstić information content (AvgIpc) is 0.871. The Kier molecular flexibility index (Phi) is 96.1. The van der Waals surface area contributed by atoms with Gasteiger partial charge >= 0.3 is 6.09 Å². The zero-order valence-corrected chi connectivity index (χ0v) is 103. The van der Waals surface area contributed by atoms with Gasteiger partial charge in [-0.05, 0) is 115 Å². The summed E-state index contributed by atoms with van der Waals surface area (Å²) in [6.07, 6.45) is 3.42. The highest BCUT2D eigenvalue weighted by Crippen LogP contribution is 2.14. The normalized spacial score (nSPS) is 13.9. The lowest BCUT2D eigenvalue weighted by Gasteiger charge is -2.38. The Hall–Kier alpha value is -4.68. The van der Waals surface area contributed by atoms with Gasteiger partial charge in [0.15, 0.2) is 0 Å². The molecule has 0 heterocycles. The number of hydrogen-bond acceptors (Lipinski definition) is 24. The minimum Gasteiger partial charge on any atom is -0.450 e. The maximum atomic E-state index is 11.0. The van der Waals surface area contributed by atoms with Crippen LogP contribution >= 0.6 is 11.8 Å². The monoisotopic (exact) mass is 2120 g/mol. The average molecular weight is 2120 g/mol. The van der Waals surface area contributed by atoms with E-state index in [0.29, 0.717) is 87.6 Å². The van der Waals surface area contributed by atoms with Crippen LogP contribution in [0.5, 0.6) is 0 Å². The number of aliphatic hydroxyl groups is 9. The van der Waals surface area contributed by atoms with Gasteiger partial charge in [-0.2, -0.15) is 11.8 Å². The fourth-order valence-corrected chi connectivity index (χ4v) is 15.2. The molecule has 0 aliphatic heterocycles. The molecule has 0 aromatic heterocycles. The van der Waals surface area contributed by atoms with Crippen molar-refractivity contribution in [1.82, 2.24) is 50.2 Å². The molecule has 2 rings (SSSR count). The molecule has 12 N–H and O–H groups in total. The number of likely N-dealkylation sites (N-methyl/N-ethyl adjacent to an activating group) is 11. The van der Waals surface area contributed by atoms with Crippen LogP contribution in [0.1, 0.15) is 65.0 Å². The molecule has 0 radical (unpaired) electrons. The topological polar surface area (TPSA) is 329 Å². The van der Waals surface area contributed by atoms with Gasteiger partial charge in [-0.1, -0.05) is 80.7 Å². The second-order valence-electron chi connectivity index (χ2n) is 48.3. The number of carbonyl (C=O) groups excluding carboxylic acids is 3. The molecule has 0 aliphatic carbocycles. The molecule has 36 nitrogen and oxygen atoms in total. The standard InChI is InChI=1S/C19H27N2.C15H35N2O4.C11H27N2O4.C11H27N2O2.C10H22N2O2.C9H23N2O.C9H18N2O.C9H23N2S.C8H21N2O.C8H16N2O/c1-20(16-18-10-6-4-7-11-18)14-15-21(2,3)17-19-12-8-5-9-13-19;1-12(18)8-16(9-13(2)19)6-7-17(5,10-14(3)20)11-15(4)21;1-13(6-10-16,7-11-17)5-2-12(3-8-14)4-9-15;1-12(2)8-10(14-6)11(15-7)9-13(3,4)5;1-5-9-14-10(13)11-7-6-8-12(2,3)4;1-10(2)6-8-12-9-7-11(3,4)5;1-5-9(12)10-7-6-8-11(2,3)4;1-10(2)6-8-12-9-7-11(3,4)5;1-9(2)6-8(11)7-10(3,4)5;1-5-8(11)9-6-7-10(2,3)4/h4-13H,14-17H2,1-3H3;12-15,18-21H,6-11H2,1-5H3;14-17H,2-11H2,1H3;10-11H,8-9H2,1-7H3;5-9H2,1-4H3;6-9H2,1-5H3;5H,1,6-8H2,2-4H3;6-9H2,1-5H3;8,11H,6-7H2,1-5H3;5H,1,6-7H2,2-4H3/q4*+1;;+1;;2*+1;/p+3. The number of ether oxygens (including phenoxy) is 4. The van der Waals surface area contributed by atoms with Crippen LogP contribution in [-0.4, -0.2) is 681 Å². The number of thioether (sulfide) groups is 1. The molecule has 3 amide bonds. The van der Waals surface area contributed by atoms with E-state index < -0.39 is 24.4 Å². The molecule has 2 aromatic carbocycles. The van der Waals surface area contributed by atoms with Gasteiger partial charge in [0.2, 0.25) is 11.8 Å². The SMILES string of the molecule is C=CC(=O)NCCC[N+](C)(C)C.C=CC(=O)NCC[N+](C)(C)C.CC(O)CN(CC[N+](C)(CC(C)O)CC(C)O)CC(C)O.CCCOC(=O)NCCC[N+](C)(C)C.CN(C)CC(O)C[N+](C)(C)C.CN(C)CCOCC[N+](C)(C)C.CN(C)CCSCC[N+](C)(C)C.CN(CC[N+](C)(C)Cc1ccccc1)Cc1ccccc1.COC(CN(C)C)C(C[N+](C)(C)C)OC.C[N+](CCO)(CCO)CCN(CCO)CCO. The minimum absolute atomic E-state index is 0.0731. The summed E-state index contributed by atoms with van der Waals surface area (Å²) in [7, 11) is 75.8. The molecule has 37 heteroatoms. The van der Waals surface area contributed by atoms with Crippen LogP contribution in [0.2, 0.25) is 0 Å². The Balaban J connectivity index is -0.000000244. The highest BCUT2D eigenvalue weighted by atomic mass is 32.2. The van der Waals surface area contributed by atoms with Gasteiger partial charge < -0.3 is 145 Å². The van der Waals surface area contributed by atoms with Crippen molar-refractivity contribution in [3.63, 3.8) is 0 Å². The summed E-state index contributed by atoms with van der Waals surface area (Å²) < 4.78 is 30.0. The first kappa shape index (κ1) is 157. The summed E-state index contributed by atoms with van der Waals surface area (Å²) in [4.78, 5) is 47.2. The number of rotatable bonds is 67. The van der Waals surface area contributed by atoms with E-state index in [4.69, 9.17) is 39.4 Å². The zero-order chi connectivity index (χ0) is 115. The maximum absolute atomic E-state index is 11.0. The third-order valence-electron chi connectivity index (χ3n) is 21.6. The van der Waals surface area contributed by atoms with Gasteiger partial charge in [0.1, 0.15) is 82.9 Å². The lowest BCUT2D eigenvalue weighted by atomic mass is 10.1. The highest BCUT2D eigenvalue weighted by molar-refractivity contribution is 7.99. The van der Waals surface area contributed by atoms with E-state index in [1.165, 1.54) is 47.9 Å². The third kappa shape index (κ3) is 126. The number of aliphatic hydroxyl groups excluding tert-OH is 9. The Morgan fingerprint density at radius 1 is 0.384 bits per heavy atom. The summed E-state index contributed by atoms with van der Waals surface area (Å²) in [5.41, 5.74) is 2.79. The molecule has 146 heavy (non-hydrogen) atoms. The van der Waals surface area contributed by atoms with Gasteiger partial charge in [0.05, 0.1) is 287 Å². The second kappa shape index (κ2) is 89.6. The van der Waals surface area contributed by atoms with Gasteiger partial charge in [0.25, 0.3) is 0 Å². The van der Waals surface area contributed by atoms with Crippen LogP contribution in [-0.2, 0) is 41.6 Å². The number of nitrogens with one attached hydrogen (secondary N) is 3. The summed E-state index contributed by atoms with van der Waals surface area (Å²) in [6, 6.07) is 21.4. The molecule has 7 atom stereocenters. The summed E-state index contributed by atoms with van der Waals surface area (Å²) in [5.74, 6) is 2.35. The lowest BCUT2D eigenvalue weighted by Crippen LogP contribution is -2.55. The Labute approximate surface area is 900 Å². The van der Waals surface area contributed by atoms with E-state index in [1.807, 2.05) is 63.9 Å². The van der Waals surface area contributed by atoms with Crippen molar-refractivity contribution in [1.29, 1.82) is 0 Å². The molecule has 0 fully saturated rings. The van der Waals surface area contributed by atoms with Crippen molar-refractivity contribution in [2.75, 3.05) is 495 Å². The first-order chi connectivity index (χ1) is 67.0. The van der Waals surface area contributed by atoms with E-state index in [2.05, 4.69) is 318 Å². The van der Waals surface area contributed by atoms with Crippen LogP contribution < -0.4 is 16.0 Å². The van der Waals surface area contributed by atoms with E-state index in [-0.39, 0.29) is 62.6 Å². The highest BCUT2D eigenvalue weighted by Gasteiger charge is 2.30. The van der Waals surface area contributed by atoms with E-state index >= 15 is 0 Å². The number of carbonyl (C=O) groups is 3. The van der Waals surface area contributed by atoms with Crippen LogP contribution in [0.25, 0.3) is 0 Å². The zero-order valence-electron chi connectivity index (χ0n) is 102. The van der Waals surface area contributed by atoms with Crippen molar-refractivity contribution in [3.8, 4) is 0 Å². The van der Waals surface area contributed by atoms with Crippen LogP contribution in [0.15, 0.2) is 86.0 Å². The van der Waals surface area contributed by atoms with Crippen LogP contribution in [0.4, 0.5) is 4.79 Å². The molecule has 0 saturated carbocycles. The summed E-state index contributed by atoms with van der Waals surface area (Å²) in [6.45, 7) is 43.1. The van der Waals surface area contributed by atoms with Gasteiger partial charge in [-0.3, -0.25) is 24.3 Å². The number of alkyl carbamates (subject to hydrolysis) is 1. The quantitative estimate of drug-likeness (QED) is 0.0257. The van der Waals surface area contributed by atoms with Crippen molar-refractivity contribution in [2.45, 2.75) is 110 Å². The molecule has 0 saturated heterocycles. The van der Waals surface area contributed by atoms with Crippen LogP contribution in [0.3, 0.4) is 0 Å². The first-order valence-corrected chi connectivity index (χ1v) is 53.9.